The van der Waals surface area contributed by atoms with Gasteiger partial charge in [0.05, 0.1) is 10.9 Å². The number of hydrogen-bond acceptors (Lipinski definition) is 4. The van der Waals surface area contributed by atoms with E-state index in [0.717, 1.165) is 5.76 Å². The SMILES string of the molecule is Cc1c(NC(C)c2ccc(Br)o2)cccc1S(N)(=O)=O. The van der Waals surface area contributed by atoms with Gasteiger partial charge in [0.15, 0.2) is 4.67 Å². The van der Waals surface area contributed by atoms with Gasteiger partial charge >= 0.3 is 0 Å². The molecule has 0 bridgehead atoms. The first-order valence-corrected chi connectivity index (χ1v) is 8.27. The maximum absolute atomic E-state index is 11.5. The Balaban J connectivity index is 2.31. The molecule has 1 heterocycles. The van der Waals surface area contributed by atoms with Crippen LogP contribution in [0, 0.1) is 6.92 Å². The second kappa shape index (κ2) is 5.59. The Hall–Kier alpha value is -1.31. The fraction of sp³-hybridized carbons (Fsp3) is 0.231. The number of furan rings is 1. The van der Waals surface area contributed by atoms with Gasteiger partial charge in [-0.3, -0.25) is 0 Å². The number of primary sulfonamides is 1. The van der Waals surface area contributed by atoms with Crippen LogP contribution in [0.25, 0.3) is 0 Å². The summed E-state index contributed by atoms with van der Waals surface area (Å²) in [4.78, 5) is 0.121. The van der Waals surface area contributed by atoms with Gasteiger partial charge in [-0.2, -0.15) is 0 Å². The number of sulfonamides is 1. The molecule has 0 saturated heterocycles. The van der Waals surface area contributed by atoms with Crippen LogP contribution in [-0.2, 0) is 10.0 Å². The first-order chi connectivity index (χ1) is 9.29. The zero-order valence-corrected chi connectivity index (χ0v) is 13.5. The van der Waals surface area contributed by atoms with Gasteiger partial charge in [-0.25, -0.2) is 13.6 Å². The summed E-state index contributed by atoms with van der Waals surface area (Å²) in [6.07, 6.45) is 0. The molecule has 1 aromatic carbocycles. The van der Waals surface area contributed by atoms with E-state index in [1.807, 2.05) is 13.0 Å². The van der Waals surface area contributed by atoms with Gasteiger partial charge in [0, 0.05) is 5.69 Å². The van der Waals surface area contributed by atoms with Crippen LogP contribution in [0.3, 0.4) is 0 Å². The summed E-state index contributed by atoms with van der Waals surface area (Å²) in [6, 6.07) is 8.50. The van der Waals surface area contributed by atoms with Crippen molar-refractivity contribution in [1.82, 2.24) is 0 Å². The van der Waals surface area contributed by atoms with Crippen LogP contribution in [0.5, 0.6) is 0 Å². The fourth-order valence-corrected chi connectivity index (χ4v) is 3.07. The van der Waals surface area contributed by atoms with Crippen LogP contribution < -0.4 is 10.5 Å². The standard InChI is InChI=1S/C13H15BrN2O3S/c1-8-10(4-3-5-12(8)20(15,17)18)16-9(2)11-6-7-13(14)19-11/h3-7,9,16H,1-2H3,(H2,15,17,18). The van der Waals surface area contributed by atoms with E-state index in [1.54, 1.807) is 25.1 Å². The molecule has 108 valence electrons. The molecule has 0 spiro atoms. The molecule has 1 atom stereocenters. The maximum Gasteiger partial charge on any atom is 0.238 e. The van der Waals surface area contributed by atoms with E-state index in [-0.39, 0.29) is 10.9 Å². The molecule has 5 nitrogen and oxygen atoms in total. The smallest absolute Gasteiger partial charge is 0.238 e. The third kappa shape index (κ3) is 3.23. The third-order valence-corrected chi connectivity index (χ3v) is 4.46. The molecule has 1 aromatic heterocycles. The van der Waals surface area contributed by atoms with Crippen LogP contribution >= 0.6 is 15.9 Å². The lowest BCUT2D eigenvalue weighted by Crippen LogP contribution is -2.15. The van der Waals surface area contributed by atoms with Gasteiger partial charge in [-0.1, -0.05) is 6.07 Å². The van der Waals surface area contributed by atoms with Crippen molar-refractivity contribution in [2.45, 2.75) is 24.8 Å². The van der Waals surface area contributed by atoms with Crippen molar-refractivity contribution in [2.75, 3.05) is 5.32 Å². The molecule has 20 heavy (non-hydrogen) atoms. The molecule has 0 saturated carbocycles. The molecule has 0 aliphatic carbocycles. The molecule has 3 N–H and O–H groups in total. The quantitative estimate of drug-likeness (QED) is 0.878. The number of benzene rings is 1. The monoisotopic (exact) mass is 358 g/mol. The second-order valence-corrected chi connectivity index (χ2v) is 6.79. The summed E-state index contributed by atoms with van der Waals surface area (Å²) in [5.41, 5.74) is 1.30. The van der Waals surface area contributed by atoms with Crippen LogP contribution in [-0.4, -0.2) is 8.42 Å². The minimum atomic E-state index is -3.72. The fourth-order valence-electron chi connectivity index (χ4n) is 1.94. The first kappa shape index (κ1) is 15.1. The molecule has 7 heteroatoms. The Labute approximate surface area is 126 Å². The Kier molecular flexibility index (Phi) is 4.22. The topological polar surface area (TPSA) is 85.3 Å². The summed E-state index contributed by atoms with van der Waals surface area (Å²) in [5.74, 6) is 0.747. The van der Waals surface area contributed by atoms with E-state index in [1.165, 1.54) is 6.07 Å². The largest absolute Gasteiger partial charge is 0.452 e. The Morgan fingerprint density at radius 3 is 2.55 bits per heavy atom. The van der Waals surface area contributed by atoms with Crippen molar-refractivity contribution in [3.63, 3.8) is 0 Å². The van der Waals surface area contributed by atoms with E-state index < -0.39 is 10.0 Å². The second-order valence-electron chi connectivity index (χ2n) is 4.48. The number of rotatable bonds is 4. The highest BCUT2D eigenvalue weighted by atomic mass is 79.9. The number of hydrogen-bond donors (Lipinski definition) is 2. The highest BCUT2D eigenvalue weighted by molar-refractivity contribution is 9.10. The average Bonchev–Trinajstić information content (AvgIpc) is 2.77. The Morgan fingerprint density at radius 1 is 1.30 bits per heavy atom. The normalized spacial score (nSPS) is 13.2. The van der Waals surface area contributed by atoms with E-state index in [0.29, 0.717) is 15.9 Å². The van der Waals surface area contributed by atoms with Crippen LogP contribution in [0.4, 0.5) is 5.69 Å². The highest BCUT2D eigenvalue weighted by Gasteiger charge is 2.16. The predicted octanol–water partition coefficient (Wildman–Crippen LogP) is 3.17. The molecule has 0 amide bonds. The molecule has 0 radical (unpaired) electrons. The van der Waals surface area contributed by atoms with Crippen molar-refractivity contribution >= 4 is 31.6 Å². The number of anilines is 1. The molecule has 0 fully saturated rings. The number of nitrogens with two attached hydrogens (primary N) is 1. The zero-order chi connectivity index (χ0) is 14.9. The van der Waals surface area contributed by atoms with E-state index in [4.69, 9.17) is 9.56 Å². The first-order valence-electron chi connectivity index (χ1n) is 5.93. The molecular formula is C13H15BrN2O3S. The van der Waals surface area contributed by atoms with Crippen molar-refractivity contribution < 1.29 is 12.8 Å². The molecular weight excluding hydrogens is 344 g/mol. The number of nitrogens with one attached hydrogen (secondary N) is 1. The van der Waals surface area contributed by atoms with Crippen LogP contribution in [0.1, 0.15) is 24.3 Å². The van der Waals surface area contributed by atoms with Crippen molar-refractivity contribution in [2.24, 2.45) is 5.14 Å². The minimum absolute atomic E-state index is 0.101. The van der Waals surface area contributed by atoms with Gasteiger partial charge in [-0.05, 0) is 59.6 Å². The van der Waals surface area contributed by atoms with Gasteiger partial charge in [0.2, 0.25) is 10.0 Å². The van der Waals surface area contributed by atoms with E-state index >= 15 is 0 Å². The molecule has 2 rings (SSSR count). The summed E-state index contributed by atoms with van der Waals surface area (Å²) < 4.78 is 29.1. The zero-order valence-electron chi connectivity index (χ0n) is 11.1. The summed E-state index contributed by atoms with van der Waals surface area (Å²) >= 11 is 3.25. The molecule has 2 aromatic rings. The maximum atomic E-state index is 11.5. The molecule has 0 aliphatic rings. The Morgan fingerprint density at radius 2 is 2.00 bits per heavy atom. The van der Waals surface area contributed by atoms with Gasteiger partial charge < -0.3 is 9.73 Å². The lowest BCUT2D eigenvalue weighted by Gasteiger charge is -2.16. The molecule has 0 aliphatic heterocycles. The van der Waals surface area contributed by atoms with Crippen molar-refractivity contribution in [3.05, 3.63) is 46.3 Å². The highest BCUT2D eigenvalue weighted by Crippen LogP contribution is 2.27. The van der Waals surface area contributed by atoms with Crippen molar-refractivity contribution in [1.29, 1.82) is 0 Å². The van der Waals surface area contributed by atoms with E-state index in [2.05, 4.69) is 21.2 Å². The van der Waals surface area contributed by atoms with Gasteiger partial charge in [0.1, 0.15) is 5.76 Å². The predicted molar refractivity (Wildman–Crippen MR) is 81.0 cm³/mol. The lowest BCUT2D eigenvalue weighted by molar-refractivity contribution is 0.471. The van der Waals surface area contributed by atoms with Gasteiger partial charge in [-0.15, -0.1) is 0 Å². The van der Waals surface area contributed by atoms with Crippen LogP contribution in [0.15, 0.2) is 44.3 Å². The average molecular weight is 359 g/mol. The third-order valence-electron chi connectivity index (χ3n) is 2.98. The van der Waals surface area contributed by atoms with Crippen molar-refractivity contribution in [3.8, 4) is 0 Å². The summed E-state index contributed by atoms with van der Waals surface area (Å²) in [7, 11) is -3.72. The molecule has 1 unspecified atom stereocenters. The van der Waals surface area contributed by atoms with E-state index in [9.17, 15) is 8.42 Å². The lowest BCUT2D eigenvalue weighted by atomic mass is 10.1. The van der Waals surface area contributed by atoms with Gasteiger partial charge in [0.25, 0.3) is 0 Å². The number of halogens is 1. The summed E-state index contributed by atoms with van der Waals surface area (Å²) in [5, 5.41) is 8.41. The Bertz CT molecular complexity index is 725. The summed E-state index contributed by atoms with van der Waals surface area (Å²) in [6.45, 7) is 3.64. The minimum Gasteiger partial charge on any atom is -0.452 e. The van der Waals surface area contributed by atoms with Crippen LogP contribution in [0.2, 0.25) is 0 Å².